The van der Waals surface area contributed by atoms with Gasteiger partial charge in [-0.15, -0.1) is 0 Å². The Labute approximate surface area is 165 Å². The van der Waals surface area contributed by atoms with Crippen molar-refractivity contribution in [3.63, 3.8) is 0 Å². The Bertz CT molecular complexity index is 1050. The van der Waals surface area contributed by atoms with Crippen molar-refractivity contribution < 1.29 is 18.0 Å². The maximum Gasteiger partial charge on any atom is 0.276 e. The third kappa shape index (κ3) is 3.79. The molecule has 2 aromatic carbocycles. The number of amides is 1. The highest BCUT2D eigenvalue weighted by atomic mass is 19.1. The van der Waals surface area contributed by atoms with Crippen LogP contribution in [0.3, 0.4) is 0 Å². The zero-order valence-corrected chi connectivity index (χ0v) is 15.6. The SMILES string of the molecule is CN/C=C1\C(=N)C(=O)N(C)C=C1c1cc(N)ccc1Nc1c(F)cc(F)cc1F. The number of nitrogen functional groups attached to an aromatic ring is 1. The number of nitrogens with one attached hydrogen (secondary N) is 3. The lowest BCUT2D eigenvalue weighted by molar-refractivity contribution is -0.120. The molecule has 0 fully saturated rings. The molecule has 0 radical (unpaired) electrons. The first-order valence-electron chi connectivity index (χ1n) is 8.50. The van der Waals surface area contributed by atoms with Gasteiger partial charge in [0.2, 0.25) is 0 Å². The second-order valence-electron chi connectivity index (χ2n) is 6.35. The molecule has 0 saturated heterocycles. The monoisotopic (exact) mass is 401 g/mol. The van der Waals surface area contributed by atoms with Crippen molar-refractivity contribution in [1.29, 1.82) is 5.41 Å². The Morgan fingerprint density at radius 1 is 1.14 bits per heavy atom. The Balaban J connectivity index is 2.17. The molecule has 150 valence electrons. The number of rotatable bonds is 4. The summed E-state index contributed by atoms with van der Waals surface area (Å²) in [6.07, 6.45) is 2.98. The minimum absolute atomic E-state index is 0.257. The van der Waals surface area contributed by atoms with Gasteiger partial charge in [0.25, 0.3) is 5.91 Å². The molecular formula is C20H18F3N5O. The molecule has 1 aliphatic rings. The van der Waals surface area contributed by atoms with E-state index in [1.165, 1.54) is 36.5 Å². The van der Waals surface area contributed by atoms with Crippen molar-refractivity contribution in [2.75, 3.05) is 25.1 Å². The molecule has 0 aromatic heterocycles. The highest BCUT2D eigenvalue weighted by Gasteiger charge is 2.29. The van der Waals surface area contributed by atoms with E-state index in [4.69, 9.17) is 11.1 Å². The van der Waals surface area contributed by atoms with Gasteiger partial charge in [0.05, 0.1) is 0 Å². The molecule has 0 unspecified atom stereocenters. The summed E-state index contributed by atoms with van der Waals surface area (Å²) >= 11 is 0. The number of carbonyl (C=O) groups is 1. The van der Waals surface area contributed by atoms with Crippen LogP contribution < -0.4 is 16.4 Å². The lowest BCUT2D eigenvalue weighted by atomic mass is 9.91. The fraction of sp³-hybridized carbons (Fsp3) is 0.100. The summed E-state index contributed by atoms with van der Waals surface area (Å²) in [5, 5.41) is 13.6. The lowest BCUT2D eigenvalue weighted by Crippen LogP contribution is -2.35. The van der Waals surface area contributed by atoms with Gasteiger partial charge >= 0.3 is 0 Å². The van der Waals surface area contributed by atoms with Crippen molar-refractivity contribution in [3.8, 4) is 0 Å². The highest BCUT2D eigenvalue weighted by Crippen LogP contribution is 2.36. The van der Waals surface area contributed by atoms with Crippen LogP contribution in [0.2, 0.25) is 0 Å². The molecule has 1 aliphatic heterocycles. The summed E-state index contributed by atoms with van der Waals surface area (Å²) in [5.74, 6) is -3.75. The number of hydrogen-bond donors (Lipinski definition) is 4. The molecule has 9 heteroatoms. The molecule has 0 bridgehead atoms. The third-order valence-electron chi connectivity index (χ3n) is 4.31. The van der Waals surface area contributed by atoms with Crippen LogP contribution in [0.15, 0.2) is 48.3 Å². The topological polar surface area (TPSA) is 94.2 Å². The number of nitrogens with zero attached hydrogens (tertiary/aromatic N) is 1. The minimum Gasteiger partial charge on any atom is -0.399 e. The van der Waals surface area contributed by atoms with E-state index in [2.05, 4.69) is 10.6 Å². The van der Waals surface area contributed by atoms with Crippen molar-refractivity contribution in [2.24, 2.45) is 0 Å². The number of benzene rings is 2. The fourth-order valence-electron chi connectivity index (χ4n) is 2.95. The maximum atomic E-state index is 14.1. The van der Waals surface area contributed by atoms with E-state index in [0.29, 0.717) is 29.0 Å². The van der Waals surface area contributed by atoms with Gasteiger partial charge in [-0.1, -0.05) is 0 Å². The van der Waals surface area contributed by atoms with Crippen LogP contribution >= 0.6 is 0 Å². The molecule has 0 saturated carbocycles. The molecule has 0 atom stereocenters. The van der Waals surface area contributed by atoms with Gasteiger partial charge in [-0.05, 0) is 18.2 Å². The smallest absolute Gasteiger partial charge is 0.276 e. The summed E-state index contributed by atoms with van der Waals surface area (Å²) in [6.45, 7) is 0. The first kappa shape index (κ1) is 20.0. The second-order valence-corrected chi connectivity index (χ2v) is 6.35. The Morgan fingerprint density at radius 3 is 2.41 bits per heavy atom. The summed E-state index contributed by atoms with van der Waals surface area (Å²) in [6, 6.07) is 5.71. The van der Waals surface area contributed by atoms with Gasteiger partial charge in [0.15, 0.2) is 11.6 Å². The quantitative estimate of drug-likeness (QED) is 0.591. The van der Waals surface area contributed by atoms with E-state index in [0.717, 1.165) is 0 Å². The van der Waals surface area contributed by atoms with Crippen LogP contribution in [0, 0.1) is 22.9 Å². The molecule has 3 rings (SSSR count). The summed E-state index contributed by atoms with van der Waals surface area (Å²) in [4.78, 5) is 13.4. The molecule has 6 nitrogen and oxygen atoms in total. The fourth-order valence-corrected chi connectivity index (χ4v) is 2.95. The zero-order chi connectivity index (χ0) is 21.3. The zero-order valence-electron chi connectivity index (χ0n) is 15.6. The van der Waals surface area contributed by atoms with Crippen LogP contribution in [0.5, 0.6) is 0 Å². The molecular weight excluding hydrogens is 383 g/mol. The molecule has 0 aliphatic carbocycles. The van der Waals surface area contributed by atoms with Gasteiger partial charge in [-0.3, -0.25) is 10.2 Å². The maximum absolute atomic E-state index is 14.1. The van der Waals surface area contributed by atoms with E-state index in [9.17, 15) is 18.0 Å². The van der Waals surface area contributed by atoms with Gasteiger partial charge in [-0.2, -0.15) is 0 Å². The lowest BCUT2D eigenvalue weighted by Gasteiger charge is -2.26. The van der Waals surface area contributed by atoms with E-state index in [1.54, 1.807) is 13.1 Å². The summed E-state index contributed by atoms with van der Waals surface area (Å²) in [5.41, 5.74) is 6.85. The average molecular weight is 401 g/mol. The summed E-state index contributed by atoms with van der Waals surface area (Å²) in [7, 11) is 3.11. The largest absolute Gasteiger partial charge is 0.399 e. The van der Waals surface area contributed by atoms with E-state index < -0.39 is 29.0 Å². The van der Waals surface area contributed by atoms with Gasteiger partial charge in [0.1, 0.15) is 17.2 Å². The number of halogens is 3. The first-order valence-corrected chi connectivity index (χ1v) is 8.50. The second kappa shape index (κ2) is 7.70. The standard InChI is InChI=1S/C20H18F3N5O/c1-26-8-13-14(9-28(2)20(29)18(13)25)12-7-11(24)3-4-17(12)27-19-15(22)5-10(21)6-16(19)23/h3-9,25-27H,24H2,1-2H3/b13-8-,25-18?. The summed E-state index contributed by atoms with van der Waals surface area (Å²) < 4.78 is 41.5. The predicted octanol–water partition coefficient (Wildman–Crippen LogP) is 3.37. The van der Waals surface area contributed by atoms with Crippen LogP contribution in [0.1, 0.15) is 5.56 Å². The van der Waals surface area contributed by atoms with Crippen LogP contribution in [-0.2, 0) is 4.79 Å². The van der Waals surface area contributed by atoms with Gasteiger partial charge in [0, 0.05) is 66.7 Å². The van der Waals surface area contributed by atoms with Crippen molar-refractivity contribution in [1.82, 2.24) is 10.2 Å². The first-order chi connectivity index (χ1) is 13.7. The molecule has 5 N–H and O–H groups in total. The molecule has 1 amide bonds. The van der Waals surface area contributed by atoms with Crippen LogP contribution in [-0.4, -0.2) is 30.6 Å². The van der Waals surface area contributed by atoms with Crippen LogP contribution in [0.4, 0.5) is 30.2 Å². The van der Waals surface area contributed by atoms with E-state index >= 15 is 0 Å². The van der Waals surface area contributed by atoms with Crippen LogP contribution in [0.25, 0.3) is 5.57 Å². The van der Waals surface area contributed by atoms with Crippen molar-refractivity contribution in [3.05, 3.63) is 71.3 Å². The Hall–Kier alpha value is -3.75. The highest BCUT2D eigenvalue weighted by molar-refractivity contribution is 6.49. The number of carbonyl (C=O) groups excluding carboxylic acids is 1. The number of nitrogens with two attached hydrogens (primary N) is 1. The number of allylic oxidation sites excluding steroid dienone is 1. The average Bonchev–Trinajstić information content (AvgIpc) is 2.66. The van der Waals surface area contributed by atoms with Gasteiger partial charge < -0.3 is 21.3 Å². The normalized spacial score (nSPS) is 15.6. The molecule has 0 spiro atoms. The Morgan fingerprint density at radius 2 is 1.79 bits per heavy atom. The Kier molecular flexibility index (Phi) is 5.31. The minimum atomic E-state index is -1.10. The number of anilines is 3. The van der Waals surface area contributed by atoms with Crippen molar-refractivity contribution >= 4 is 34.3 Å². The third-order valence-corrected chi connectivity index (χ3v) is 4.31. The number of hydrogen-bond acceptors (Lipinski definition) is 5. The molecule has 29 heavy (non-hydrogen) atoms. The molecule has 1 heterocycles. The molecule has 2 aromatic rings. The van der Waals surface area contributed by atoms with Gasteiger partial charge in [-0.25, -0.2) is 13.2 Å². The van der Waals surface area contributed by atoms with E-state index in [-0.39, 0.29) is 17.0 Å². The van der Waals surface area contributed by atoms with E-state index in [1.807, 2.05) is 0 Å². The van der Waals surface area contributed by atoms with Crippen molar-refractivity contribution in [2.45, 2.75) is 0 Å². The predicted molar refractivity (Wildman–Crippen MR) is 106 cm³/mol.